The molecule has 3 amide bonds. The molecule has 29 heavy (non-hydrogen) atoms. The van der Waals surface area contributed by atoms with Gasteiger partial charge in [-0.2, -0.15) is 0 Å². The van der Waals surface area contributed by atoms with Crippen LogP contribution in [0.4, 0.5) is 4.39 Å². The predicted molar refractivity (Wildman–Crippen MR) is 102 cm³/mol. The lowest BCUT2D eigenvalue weighted by Gasteiger charge is -2.39. The van der Waals surface area contributed by atoms with E-state index in [9.17, 15) is 18.8 Å². The molecule has 2 N–H and O–H groups in total. The van der Waals surface area contributed by atoms with Crippen molar-refractivity contribution in [2.24, 2.45) is 5.92 Å². The zero-order chi connectivity index (χ0) is 21.1. The first-order valence-corrected chi connectivity index (χ1v) is 9.35. The third-order valence-corrected chi connectivity index (χ3v) is 4.75. The molecule has 1 aromatic heterocycles. The fraction of sp³-hybridized carbons (Fsp3) is 0.400. The Balaban J connectivity index is 1.88. The largest absolute Gasteiger partial charge is 0.357 e. The molecule has 8 nitrogen and oxygen atoms in total. The zero-order valence-corrected chi connectivity index (χ0v) is 16.4. The molecule has 2 atom stereocenters. The molecule has 9 heteroatoms. The van der Waals surface area contributed by atoms with Gasteiger partial charge >= 0.3 is 0 Å². The number of benzene rings is 1. The minimum atomic E-state index is -0.844. The maximum Gasteiger partial charge on any atom is 0.276 e. The average molecular weight is 402 g/mol. The van der Waals surface area contributed by atoms with Crippen molar-refractivity contribution in [2.75, 3.05) is 13.6 Å². The molecular weight excluding hydrogens is 379 g/mol. The van der Waals surface area contributed by atoms with Gasteiger partial charge in [0.25, 0.3) is 5.91 Å². The van der Waals surface area contributed by atoms with E-state index >= 15 is 0 Å². The monoisotopic (exact) mass is 402 g/mol. The summed E-state index contributed by atoms with van der Waals surface area (Å²) < 4.78 is 18.4. The molecule has 0 unspecified atom stereocenters. The first-order chi connectivity index (χ1) is 13.8. The van der Waals surface area contributed by atoms with E-state index in [1.807, 2.05) is 13.8 Å². The molecule has 2 aromatic rings. The molecule has 0 radical (unpaired) electrons. The second kappa shape index (κ2) is 8.42. The van der Waals surface area contributed by atoms with E-state index in [0.717, 1.165) is 0 Å². The van der Waals surface area contributed by atoms with E-state index in [1.165, 1.54) is 42.3 Å². The summed E-state index contributed by atoms with van der Waals surface area (Å²) in [5.41, 5.74) is 0.583. The fourth-order valence-corrected chi connectivity index (χ4v) is 3.28. The summed E-state index contributed by atoms with van der Waals surface area (Å²) >= 11 is 0. The van der Waals surface area contributed by atoms with Crippen molar-refractivity contribution in [2.45, 2.75) is 32.4 Å². The van der Waals surface area contributed by atoms with Gasteiger partial charge in [0.2, 0.25) is 11.8 Å². The third kappa shape index (κ3) is 4.44. The van der Waals surface area contributed by atoms with Crippen LogP contribution >= 0.6 is 0 Å². The van der Waals surface area contributed by atoms with Crippen LogP contribution in [0.25, 0.3) is 11.3 Å². The second-order valence-corrected chi connectivity index (χ2v) is 7.36. The third-order valence-electron chi connectivity index (χ3n) is 4.75. The topological polar surface area (TPSA) is 105 Å². The first kappa shape index (κ1) is 20.5. The van der Waals surface area contributed by atoms with E-state index in [2.05, 4.69) is 15.8 Å². The SMILES string of the molecule is CNC(=O)[C@H]1CN(C(=O)c2cc(-c3ccc(F)cc3)on2)[C@@H](CC(C)C)C(=O)N1. The summed E-state index contributed by atoms with van der Waals surface area (Å²) in [4.78, 5) is 39.1. The summed E-state index contributed by atoms with van der Waals surface area (Å²) in [6, 6.07) is 5.48. The van der Waals surface area contributed by atoms with Crippen LogP contribution in [-0.4, -0.2) is 53.5 Å². The minimum Gasteiger partial charge on any atom is -0.357 e. The van der Waals surface area contributed by atoms with Crippen molar-refractivity contribution in [1.29, 1.82) is 0 Å². The summed E-state index contributed by atoms with van der Waals surface area (Å²) in [7, 11) is 1.47. The molecule has 3 rings (SSSR count). The Labute approximate surface area is 167 Å². The molecule has 1 saturated heterocycles. The van der Waals surface area contributed by atoms with Gasteiger partial charge in [0.05, 0.1) is 6.54 Å². The standard InChI is InChI=1S/C20H23FN4O4/c1-11(2)8-16-19(27)23-15(18(26)22-3)10-25(16)20(28)14-9-17(29-24-14)12-4-6-13(21)7-5-12/h4-7,9,11,15-16H,8,10H2,1-3H3,(H,22,26)(H,23,27)/t15-,16+/m1/s1. The number of hydrogen-bond acceptors (Lipinski definition) is 5. The van der Waals surface area contributed by atoms with E-state index in [1.54, 1.807) is 0 Å². The summed E-state index contributed by atoms with van der Waals surface area (Å²) in [5.74, 6) is -1.19. The highest BCUT2D eigenvalue weighted by atomic mass is 19.1. The van der Waals surface area contributed by atoms with E-state index < -0.39 is 18.0 Å². The first-order valence-electron chi connectivity index (χ1n) is 9.35. The number of halogens is 1. The zero-order valence-electron chi connectivity index (χ0n) is 16.4. The number of hydrogen-bond donors (Lipinski definition) is 2. The van der Waals surface area contributed by atoms with Crippen LogP contribution < -0.4 is 10.6 Å². The number of carbonyl (C=O) groups excluding carboxylic acids is 3. The predicted octanol–water partition coefficient (Wildman–Crippen LogP) is 1.58. The maximum absolute atomic E-state index is 13.1. The molecule has 0 spiro atoms. The van der Waals surface area contributed by atoms with Crippen LogP contribution in [0.5, 0.6) is 0 Å². The van der Waals surface area contributed by atoms with Crippen LogP contribution in [0.2, 0.25) is 0 Å². The number of nitrogens with one attached hydrogen (secondary N) is 2. The quantitative estimate of drug-likeness (QED) is 0.790. The van der Waals surface area contributed by atoms with Gasteiger partial charge in [-0.05, 0) is 36.6 Å². The van der Waals surface area contributed by atoms with Crippen molar-refractivity contribution < 1.29 is 23.3 Å². The molecule has 1 aromatic carbocycles. The molecule has 0 saturated carbocycles. The Bertz CT molecular complexity index is 909. The maximum atomic E-state index is 13.1. The van der Waals surface area contributed by atoms with Gasteiger partial charge in [-0.1, -0.05) is 19.0 Å². The van der Waals surface area contributed by atoms with Crippen molar-refractivity contribution in [1.82, 2.24) is 20.7 Å². The molecule has 0 aliphatic carbocycles. The highest BCUT2D eigenvalue weighted by Gasteiger charge is 2.40. The Kier molecular flexibility index (Phi) is 5.95. The normalized spacial score (nSPS) is 19.2. The summed E-state index contributed by atoms with van der Waals surface area (Å²) in [5, 5.41) is 8.98. The van der Waals surface area contributed by atoms with Gasteiger partial charge in [-0.3, -0.25) is 14.4 Å². The summed E-state index contributed by atoms with van der Waals surface area (Å²) in [6.07, 6.45) is 0.445. The van der Waals surface area contributed by atoms with E-state index in [4.69, 9.17) is 4.52 Å². The van der Waals surface area contributed by atoms with Crippen LogP contribution in [-0.2, 0) is 9.59 Å². The number of piperazine rings is 1. The Morgan fingerprint density at radius 1 is 1.34 bits per heavy atom. The van der Waals surface area contributed by atoms with Gasteiger partial charge in [-0.15, -0.1) is 0 Å². The number of likely N-dealkylation sites (N-methyl/N-ethyl adjacent to an activating group) is 1. The smallest absolute Gasteiger partial charge is 0.276 e. The molecular formula is C20H23FN4O4. The van der Waals surface area contributed by atoms with Gasteiger partial charge < -0.3 is 20.1 Å². The van der Waals surface area contributed by atoms with Crippen molar-refractivity contribution in [3.8, 4) is 11.3 Å². The highest BCUT2D eigenvalue weighted by molar-refractivity contribution is 5.99. The van der Waals surface area contributed by atoms with Crippen LogP contribution in [0.15, 0.2) is 34.9 Å². The van der Waals surface area contributed by atoms with Crippen LogP contribution in [0.3, 0.4) is 0 Å². The molecule has 1 aliphatic rings. The minimum absolute atomic E-state index is 0.0171. The summed E-state index contributed by atoms with van der Waals surface area (Å²) in [6.45, 7) is 3.92. The lowest BCUT2D eigenvalue weighted by Crippen LogP contribution is -2.65. The second-order valence-electron chi connectivity index (χ2n) is 7.36. The van der Waals surface area contributed by atoms with Gasteiger partial charge in [0.15, 0.2) is 11.5 Å². The van der Waals surface area contributed by atoms with Crippen LogP contribution in [0.1, 0.15) is 30.8 Å². The Morgan fingerprint density at radius 3 is 2.66 bits per heavy atom. The molecule has 2 heterocycles. The number of amides is 3. The van der Waals surface area contributed by atoms with E-state index in [0.29, 0.717) is 17.7 Å². The van der Waals surface area contributed by atoms with E-state index in [-0.39, 0.29) is 35.8 Å². The Morgan fingerprint density at radius 2 is 2.03 bits per heavy atom. The average Bonchev–Trinajstić information content (AvgIpc) is 3.18. The van der Waals surface area contributed by atoms with Gasteiger partial charge in [0, 0.05) is 18.7 Å². The van der Waals surface area contributed by atoms with Gasteiger partial charge in [0.1, 0.15) is 17.9 Å². The fourth-order valence-electron chi connectivity index (χ4n) is 3.28. The molecule has 0 bridgehead atoms. The number of aromatic nitrogens is 1. The molecule has 154 valence electrons. The van der Waals surface area contributed by atoms with Gasteiger partial charge in [-0.25, -0.2) is 4.39 Å². The molecule has 1 fully saturated rings. The van der Waals surface area contributed by atoms with Crippen molar-refractivity contribution in [3.63, 3.8) is 0 Å². The van der Waals surface area contributed by atoms with Crippen molar-refractivity contribution >= 4 is 17.7 Å². The van der Waals surface area contributed by atoms with Crippen molar-refractivity contribution in [3.05, 3.63) is 41.8 Å². The Hall–Kier alpha value is -3.23. The number of nitrogens with zero attached hydrogens (tertiary/aromatic N) is 2. The van der Waals surface area contributed by atoms with Crippen LogP contribution in [0, 0.1) is 11.7 Å². The lowest BCUT2D eigenvalue weighted by atomic mass is 9.97. The molecule has 1 aliphatic heterocycles. The lowest BCUT2D eigenvalue weighted by molar-refractivity contribution is -0.136. The number of rotatable bonds is 5. The number of carbonyl (C=O) groups is 3. The highest BCUT2D eigenvalue weighted by Crippen LogP contribution is 2.24.